The van der Waals surface area contributed by atoms with Crippen molar-refractivity contribution in [1.29, 1.82) is 5.26 Å². The lowest BCUT2D eigenvalue weighted by Gasteiger charge is -2.58. The standard InChI is InChI=1S/C33H49N7O2/c1-5-30(41)40-18-17-39(20-24(40)13-15-34)31-27-12-14-33(22-38(4)29-11-7-6-10-26(29)23(33)2)19-28(27)35-32(36-31)42-21-25-9-8-16-37(25)3/h5-7,10-11,23-25,27-28,31-32,35-36H,1,8-9,12-14,16-22H2,2-4H3/t23?,24?,25?,27?,28?,31?,32?,33-/m1/s1. The number of hydrogen-bond donors (Lipinski definition) is 2. The van der Waals surface area contributed by atoms with Gasteiger partial charge in [0, 0.05) is 56.9 Å². The molecule has 4 aliphatic heterocycles. The minimum absolute atomic E-state index is 0.0803. The number of piperazine rings is 1. The van der Waals surface area contributed by atoms with Gasteiger partial charge in [0.2, 0.25) is 5.91 Å². The third kappa shape index (κ3) is 5.48. The van der Waals surface area contributed by atoms with Crippen molar-refractivity contribution < 1.29 is 9.53 Å². The van der Waals surface area contributed by atoms with Crippen molar-refractivity contribution in [1.82, 2.24) is 25.3 Å². The van der Waals surface area contributed by atoms with Crippen LogP contribution >= 0.6 is 0 Å². The highest BCUT2D eigenvalue weighted by Crippen LogP contribution is 2.54. The van der Waals surface area contributed by atoms with Crippen molar-refractivity contribution in [2.45, 2.75) is 82.0 Å². The maximum atomic E-state index is 12.6. The Kier molecular flexibility index (Phi) is 8.63. The van der Waals surface area contributed by atoms with Crippen LogP contribution in [0.3, 0.4) is 0 Å². The molecule has 0 aromatic heterocycles. The molecule has 1 spiro atoms. The van der Waals surface area contributed by atoms with Crippen molar-refractivity contribution >= 4 is 11.6 Å². The Labute approximate surface area is 251 Å². The molecule has 0 radical (unpaired) electrons. The number of para-hydroxylation sites is 1. The lowest BCUT2D eigenvalue weighted by Crippen LogP contribution is -2.73. The Morgan fingerprint density at radius 3 is 2.79 bits per heavy atom. The first kappa shape index (κ1) is 29.6. The third-order valence-electron chi connectivity index (χ3n) is 11.3. The number of hydrogen-bond acceptors (Lipinski definition) is 8. The fourth-order valence-electron chi connectivity index (χ4n) is 8.88. The zero-order chi connectivity index (χ0) is 29.4. The summed E-state index contributed by atoms with van der Waals surface area (Å²) in [6.07, 6.45) is 7.44. The van der Waals surface area contributed by atoms with Crippen LogP contribution in [-0.2, 0) is 9.53 Å². The van der Waals surface area contributed by atoms with Gasteiger partial charge in [0.15, 0.2) is 6.35 Å². The van der Waals surface area contributed by atoms with E-state index in [1.165, 1.54) is 36.6 Å². The average molecular weight is 576 g/mol. The number of nitriles is 1. The maximum Gasteiger partial charge on any atom is 0.246 e. The number of nitrogens with one attached hydrogen (secondary N) is 2. The third-order valence-corrected chi connectivity index (χ3v) is 11.3. The van der Waals surface area contributed by atoms with Crippen LogP contribution in [0.4, 0.5) is 5.69 Å². The summed E-state index contributed by atoms with van der Waals surface area (Å²) in [5.74, 6) is 0.827. The summed E-state index contributed by atoms with van der Waals surface area (Å²) in [5, 5.41) is 17.4. The molecule has 4 fully saturated rings. The predicted octanol–water partition coefficient (Wildman–Crippen LogP) is 2.92. The second-order valence-electron chi connectivity index (χ2n) is 13.5. The molecule has 1 aliphatic carbocycles. The van der Waals surface area contributed by atoms with E-state index in [-0.39, 0.29) is 29.9 Å². The molecular formula is C33H49N7O2. The highest BCUT2D eigenvalue weighted by Gasteiger charge is 2.53. The first-order valence-corrected chi connectivity index (χ1v) is 16.0. The fraction of sp³-hybridized carbons (Fsp3) is 0.697. The summed E-state index contributed by atoms with van der Waals surface area (Å²) in [4.78, 5) is 21.8. The van der Waals surface area contributed by atoms with Crippen molar-refractivity contribution in [2.75, 3.05) is 58.3 Å². The van der Waals surface area contributed by atoms with Crippen molar-refractivity contribution in [3.8, 4) is 6.07 Å². The Morgan fingerprint density at radius 2 is 2.02 bits per heavy atom. The van der Waals surface area contributed by atoms with Crippen LogP contribution in [0.15, 0.2) is 36.9 Å². The van der Waals surface area contributed by atoms with E-state index >= 15 is 0 Å². The zero-order valence-corrected chi connectivity index (χ0v) is 25.7. The van der Waals surface area contributed by atoms with Crippen LogP contribution in [0.5, 0.6) is 0 Å². The van der Waals surface area contributed by atoms with Gasteiger partial charge in [0.05, 0.1) is 31.3 Å². The lowest BCUT2D eigenvalue weighted by molar-refractivity contribution is -0.137. The Hall–Kier alpha value is -2.48. The number of nitrogens with zero attached hydrogens (tertiary/aromatic N) is 5. The number of likely N-dealkylation sites (tertiary alicyclic amines) is 1. The molecule has 8 atom stereocenters. The van der Waals surface area contributed by atoms with Crippen LogP contribution in [0, 0.1) is 22.7 Å². The molecule has 6 rings (SSSR count). The lowest BCUT2D eigenvalue weighted by atomic mass is 9.58. The predicted molar refractivity (Wildman–Crippen MR) is 165 cm³/mol. The summed E-state index contributed by atoms with van der Waals surface area (Å²) < 4.78 is 6.61. The van der Waals surface area contributed by atoms with Gasteiger partial charge >= 0.3 is 0 Å². The number of ether oxygens (including phenoxy) is 1. The monoisotopic (exact) mass is 575 g/mol. The quantitative estimate of drug-likeness (QED) is 0.501. The number of anilines is 1. The van der Waals surface area contributed by atoms with Gasteiger partial charge in [-0.1, -0.05) is 31.7 Å². The molecule has 4 heterocycles. The Morgan fingerprint density at radius 1 is 1.19 bits per heavy atom. The number of amides is 1. The second kappa shape index (κ2) is 12.3. The number of carbonyl (C=O) groups is 1. The van der Waals surface area contributed by atoms with E-state index in [4.69, 9.17) is 4.74 Å². The topological polar surface area (TPSA) is 87.1 Å². The molecule has 1 aromatic rings. The normalized spacial score (nSPS) is 37.2. The van der Waals surface area contributed by atoms with Crippen molar-refractivity contribution in [3.63, 3.8) is 0 Å². The molecule has 2 N–H and O–H groups in total. The highest BCUT2D eigenvalue weighted by atomic mass is 16.5. The molecular weight excluding hydrogens is 526 g/mol. The van der Waals surface area contributed by atoms with Gasteiger partial charge in [-0.15, -0.1) is 0 Å². The molecule has 42 heavy (non-hydrogen) atoms. The zero-order valence-electron chi connectivity index (χ0n) is 25.7. The number of likely N-dealkylation sites (N-methyl/N-ethyl adjacent to an activating group) is 1. The molecule has 0 bridgehead atoms. The summed E-state index contributed by atoms with van der Waals surface area (Å²) in [7, 11) is 4.45. The molecule has 1 aromatic carbocycles. The minimum atomic E-state index is -0.230. The smallest absolute Gasteiger partial charge is 0.246 e. The van der Waals surface area contributed by atoms with Crippen LogP contribution in [0.1, 0.15) is 56.9 Å². The molecule has 1 amide bonds. The number of rotatable bonds is 6. The molecule has 5 aliphatic rings. The SMILES string of the molecule is C=CC(=O)N1CCN(C2NC(OCC3CCCN3C)NC3C[C@]4(CCC32)CN(C)c2ccccc2C4C)CC1CC#N. The molecule has 228 valence electrons. The summed E-state index contributed by atoms with van der Waals surface area (Å²) >= 11 is 0. The largest absolute Gasteiger partial charge is 0.374 e. The number of fused-ring (bicyclic) bond motifs is 2. The molecule has 9 heteroatoms. The van der Waals surface area contributed by atoms with E-state index in [0.29, 0.717) is 50.0 Å². The van der Waals surface area contributed by atoms with Crippen LogP contribution in [0.25, 0.3) is 0 Å². The Bertz CT molecular complexity index is 1190. The van der Waals surface area contributed by atoms with E-state index in [9.17, 15) is 10.1 Å². The van der Waals surface area contributed by atoms with Gasteiger partial charge < -0.3 is 19.4 Å². The van der Waals surface area contributed by atoms with Gasteiger partial charge in [0.25, 0.3) is 0 Å². The van der Waals surface area contributed by atoms with Gasteiger partial charge in [-0.25, -0.2) is 0 Å². The number of carbonyl (C=O) groups excluding carboxylic acids is 1. The summed E-state index contributed by atoms with van der Waals surface area (Å²) in [6, 6.07) is 11.9. The molecule has 3 saturated heterocycles. The van der Waals surface area contributed by atoms with E-state index in [1.807, 2.05) is 4.90 Å². The second-order valence-corrected chi connectivity index (χ2v) is 13.5. The maximum absolute atomic E-state index is 12.6. The van der Waals surface area contributed by atoms with Gasteiger partial charge in [-0.05, 0) is 74.7 Å². The first-order chi connectivity index (χ1) is 20.3. The fourth-order valence-corrected chi connectivity index (χ4v) is 8.88. The van der Waals surface area contributed by atoms with Gasteiger partial charge in [-0.3, -0.25) is 20.3 Å². The number of benzene rings is 1. The summed E-state index contributed by atoms with van der Waals surface area (Å²) in [5.41, 5.74) is 3.04. The first-order valence-electron chi connectivity index (χ1n) is 16.0. The van der Waals surface area contributed by atoms with Crippen LogP contribution < -0.4 is 15.5 Å². The summed E-state index contributed by atoms with van der Waals surface area (Å²) in [6.45, 7) is 11.1. The Balaban J connectivity index is 1.24. The van der Waals surface area contributed by atoms with Gasteiger partial charge in [0.1, 0.15) is 0 Å². The van der Waals surface area contributed by atoms with Crippen molar-refractivity contribution in [3.05, 3.63) is 42.5 Å². The molecule has 9 nitrogen and oxygen atoms in total. The van der Waals surface area contributed by atoms with E-state index in [1.54, 1.807) is 0 Å². The van der Waals surface area contributed by atoms with Crippen molar-refractivity contribution in [2.24, 2.45) is 11.3 Å². The van der Waals surface area contributed by atoms with Crippen LogP contribution in [-0.4, -0.2) is 105 Å². The highest BCUT2D eigenvalue weighted by molar-refractivity contribution is 5.87. The molecule has 1 saturated carbocycles. The van der Waals surface area contributed by atoms with E-state index < -0.39 is 0 Å². The average Bonchev–Trinajstić information content (AvgIpc) is 3.42. The molecule has 7 unspecified atom stereocenters. The van der Waals surface area contributed by atoms with E-state index in [0.717, 1.165) is 32.5 Å². The van der Waals surface area contributed by atoms with Crippen LogP contribution in [0.2, 0.25) is 0 Å². The van der Waals surface area contributed by atoms with Gasteiger partial charge in [-0.2, -0.15) is 5.26 Å². The minimum Gasteiger partial charge on any atom is -0.374 e. The van der Waals surface area contributed by atoms with E-state index in [2.05, 4.69) is 83.3 Å².